The third kappa shape index (κ3) is 6.03. The molecule has 0 spiro atoms. The molecule has 1 N–H and O–H groups in total. The lowest BCUT2D eigenvalue weighted by molar-refractivity contribution is -0.137. The maximum Gasteiger partial charge on any atom is 0.416 e. The van der Waals surface area contributed by atoms with Crippen LogP contribution in [0.15, 0.2) is 65.6 Å². The van der Waals surface area contributed by atoms with Crippen molar-refractivity contribution in [3.8, 4) is 16.9 Å². The van der Waals surface area contributed by atoms with Crippen molar-refractivity contribution in [3.63, 3.8) is 0 Å². The molecule has 15 heteroatoms. The first-order valence-electron chi connectivity index (χ1n) is 12.5. The van der Waals surface area contributed by atoms with Crippen LogP contribution >= 0.6 is 0 Å². The summed E-state index contributed by atoms with van der Waals surface area (Å²) in [5, 5.41) is 0. The van der Waals surface area contributed by atoms with Gasteiger partial charge in [-0.15, -0.1) is 0 Å². The predicted octanol–water partition coefficient (Wildman–Crippen LogP) is 4.54. The maximum atomic E-state index is 14.5. The molecule has 2 aliphatic heterocycles. The summed E-state index contributed by atoms with van der Waals surface area (Å²) in [5.41, 5.74) is -1.41. The van der Waals surface area contributed by atoms with E-state index in [-0.39, 0.29) is 29.1 Å². The van der Waals surface area contributed by atoms with Gasteiger partial charge >= 0.3 is 6.18 Å². The Labute approximate surface area is 233 Å². The van der Waals surface area contributed by atoms with Crippen molar-refractivity contribution in [1.82, 2.24) is 9.03 Å². The molecule has 1 saturated heterocycles. The number of sulfonamides is 1. The topological polar surface area (TPSA) is 96.0 Å². The number of nitrogens with one attached hydrogen (secondary N) is 1. The van der Waals surface area contributed by atoms with E-state index in [1.807, 2.05) is 0 Å². The van der Waals surface area contributed by atoms with Gasteiger partial charge in [-0.3, -0.25) is 4.31 Å². The van der Waals surface area contributed by atoms with Crippen molar-refractivity contribution in [2.24, 2.45) is 0 Å². The van der Waals surface area contributed by atoms with E-state index in [9.17, 15) is 38.8 Å². The van der Waals surface area contributed by atoms with E-state index in [0.717, 1.165) is 40.7 Å². The summed E-state index contributed by atoms with van der Waals surface area (Å²) in [7, 11) is -8.56. The van der Waals surface area contributed by atoms with E-state index < -0.39 is 61.2 Å². The van der Waals surface area contributed by atoms with Crippen LogP contribution in [0.5, 0.6) is 5.75 Å². The number of nitrogens with zero attached hydrogens (tertiary/aromatic N) is 2. The van der Waals surface area contributed by atoms with E-state index in [2.05, 4.69) is 4.72 Å². The highest BCUT2D eigenvalue weighted by Gasteiger charge is 2.38. The quantitative estimate of drug-likeness (QED) is 0.393. The fraction of sp³-hybridized carbons (Fsp3) is 0.308. The monoisotopic (exact) mass is 617 g/mol. The average molecular weight is 618 g/mol. The summed E-state index contributed by atoms with van der Waals surface area (Å²) in [6.07, 6.45) is -4.48. The van der Waals surface area contributed by atoms with Gasteiger partial charge in [0.15, 0.2) is 0 Å². The molecule has 0 aliphatic carbocycles. The van der Waals surface area contributed by atoms with Gasteiger partial charge in [-0.1, -0.05) is 12.1 Å². The molecule has 3 aromatic carbocycles. The fourth-order valence-corrected chi connectivity index (χ4v) is 7.57. The lowest BCUT2D eigenvalue weighted by Gasteiger charge is -2.36. The summed E-state index contributed by atoms with van der Waals surface area (Å²) < 4.78 is 132. The molecule has 2 heterocycles. The molecule has 0 aromatic heterocycles. The molecule has 0 saturated carbocycles. The molecule has 0 unspecified atom stereocenters. The Balaban J connectivity index is 1.55. The van der Waals surface area contributed by atoms with E-state index in [4.69, 9.17) is 4.74 Å². The molecule has 8 nitrogen and oxygen atoms in total. The zero-order chi connectivity index (χ0) is 29.6. The highest BCUT2D eigenvalue weighted by atomic mass is 32.2. The second kappa shape index (κ2) is 10.9. The molecular weight excluding hydrogens is 593 g/mol. The molecule has 3 aromatic rings. The van der Waals surface area contributed by atoms with Crippen LogP contribution in [0.4, 0.5) is 27.6 Å². The predicted molar refractivity (Wildman–Crippen MR) is 140 cm³/mol. The Bertz CT molecular complexity index is 1680. The number of fused-ring (bicyclic) bond motifs is 1. The molecule has 0 bridgehead atoms. The van der Waals surface area contributed by atoms with Crippen molar-refractivity contribution in [3.05, 3.63) is 77.9 Å². The van der Waals surface area contributed by atoms with Crippen LogP contribution in [0.3, 0.4) is 0 Å². The van der Waals surface area contributed by atoms with E-state index >= 15 is 0 Å². The summed E-state index contributed by atoms with van der Waals surface area (Å²) in [4.78, 5) is -0.668. The van der Waals surface area contributed by atoms with Gasteiger partial charge in [-0.05, 0) is 66.9 Å². The summed E-state index contributed by atoms with van der Waals surface area (Å²) in [5.74, 6) is -1.57. The first-order chi connectivity index (χ1) is 19.3. The normalized spacial score (nSPS) is 18.3. The zero-order valence-corrected chi connectivity index (χ0v) is 22.9. The second-order valence-electron chi connectivity index (χ2n) is 9.57. The van der Waals surface area contributed by atoms with Gasteiger partial charge < -0.3 is 4.74 Å². The molecule has 41 heavy (non-hydrogen) atoms. The molecule has 2 aliphatic rings. The number of halogens is 5. The standard InChI is InChI=1S/C26H24F5N3O5S2/c27-19-7-8-23(28)22(14-19)17-6-9-25-24(12-17)34(40(35,36)21-5-3-4-18(13-21)26(29,30)31)16-20(39-25)15-32-41(37,38)33-10-1-2-11-33/h3-9,12-14,20,32H,1-2,10-11,15-16H2/t20-/m0/s1. The minimum absolute atomic E-state index is 0.0438. The molecule has 220 valence electrons. The summed E-state index contributed by atoms with van der Waals surface area (Å²) in [6.45, 7) is -0.158. The van der Waals surface area contributed by atoms with E-state index in [0.29, 0.717) is 32.0 Å². The van der Waals surface area contributed by atoms with Gasteiger partial charge in [0.2, 0.25) is 0 Å². The Morgan fingerprint density at radius 1 is 0.927 bits per heavy atom. The number of benzene rings is 3. The van der Waals surface area contributed by atoms with Crippen molar-refractivity contribution < 1.29 is 43.5 Å². The van der Waals surface area contributed by atoms with Gasteiger partial charge in [0.05, 0.1) is 29.2 Å². The van der Waals surface area contributed by atoms with Gasteiger partial charge in [0.1, 0.15) is 23.5 Å². The molecule has 1 atom stereocenters. The maximum absolute atomic E-state index is 14.5. The fourth-order valence-electron chi connectivity index (χ4n) is 4.71. The second-order valence-corrected chi connectivity index (χ2v) is 13.2. The minimum Gasteiger partial charge on any atom is -0.485 e. The Kier molecular flexibility index (Phi) is 7.74. The Hall–Kier alpha value is -3.27. The average Bonchev–Trinajstić information content (AvgIpc) is 3.49. The van der Waals surface area contributed by atoms with Crippen molar-refractivity contribution in [2.75, 3.05) is 30.5 Å². The zero-order valence-electron chi connectivity index (χ0n) is 21.2. The van der Waals surface area contributed by atoms with Crippen LogP contribution in [0.2, 0.25) is 0 Å². The third-order valence-corrected chi connectivity index (χ3v) is 10.1. The smallest absolute Gasteiger partial charge is 0.416 e. The molecule has 0 radical (unpaired) electrons. The Morgan fingerprint density at radius 3 is 2.37 bits per heavy atom. The molecular formula is C26H24F5N3O5S2. The lowest BCUT2D eigenvalue weighted by Crippen LogP contribution is -2.50. The molecule has 0 amide bonds. The largest absolute Gasteiger partial charge is 0.485 e. The Morgan fingerprint density at radius 2 is 1.66 bits per heavy atom. The van der Waals surface area contributed by atoms with Gasteiger partial charge in [0, 0.05) is 18.7 Å². The van der Waals surface area contributed by atoms with E-state index in [1.165, 1.54) is 22.5 Å². The van der Waals surface area contributed by atoms with Crippen molar-refractivity contribution in [1.29, 1.82) is 0 Å². The van der Waals surface area contributed by atoms with Crippen LogP contribution < -0.4 is 13.8 Å². The van der Waals surface area contributed by atoms with Crippen LogP contribution in [0.25, 0.3) is 11.1 Å². The number of hydrogen-bond donors (Lipinski definition) is 1. The summed E-state index contributed by atoms with van der Waals surface area (Å²) in [6, 6.07) is 9.81. The van der Waals surface area contributed by atoms with E-state index in [1.54, 1.807) is 0 Å². The van der Waals surface area contributed by atoms with Crippen LogP contribution in [0.1, 0.15) is 18.4 Å². The van der Waals surface area contributed by atoms with Gasteiger partial charge in [0.25, 0.3) is 20.2 Å². The minimum atomic E-state index is -4.81. The number of hydrogen-bond acceptors (Lipinski definition) is 5. The molecule has 1 fully saturated rings. The van der Waals surface area contributed by atoms with Gasteiger partial charge in [-0.2, -0.15) is 30.6 Å². The van der Waals surface area contributed by atoms with Crippen LogP contribution in [-0.4, -0.2) is 53.4 Å². The van der Waals surface area contributed by atoms with Crippen LogP contribution in [-0.2, 0) is 26.4 Å². The van der Waals surface area contributed by atoms with Crippen molar-refractivity contribution in [2.45, 2.75) is 30.0 Å². The summed E-state index contributed by atoms with van der Waals surface area (Å²) >= 11 is 0. The van der Waals surface area contributed by atoms with Crippen molar-refractivity contribution >= 4 is 25.9 Å². The number of anilines is 1. The number of rotatable bonds is 7. The first-order valence-corrected chi connectivity index (χ1v) is 15.3. The SMILES string of the molecule is O=S(=O)(NC[C@H]1CN(S(=O)(=O)c2cccc(C(F)(F)F)c2)c2cc(-c3cc(F)ccc3F)ccc2O1)N1CCCC1. The first kappa shape index (κ1) is 29.2. The highest BCUT2D eigenvalue weighted by Crippen LogP contribution is 2.41. The highest BCUT2D eigenvalue weighted by molar-refractivity contribution is 7.92. The van der Waals surface area contributed by atoms with Crippen LogP contribution in [0, 0.1) is 11.6 Å². The number of alkyl halides is 3. The third-order valence-electron chi connectivity index (χ3n) is 6.78. The number of ether oxygens (including phenoxy) is 1. The lowest BCUT2D eigenvalue weighted by atomic mass is 10.0. The van der Waals surface area contributed by atoms with Gasteiger partial charge in [-0.25, -0.2) is 17.2 Å². The molecule has 5 rings (SSSR count).